The summed E-state index contributed by atoms with van der Waals surface area (Å²) in [4.78, 5) is 0. The van der Waals surface area contributed by atoms with E-state index in [1.165, 1.54) is 131 Å². The first kappa shape index (κ1) is 50.0. The Balaban J connectivity index is 1.07. The maximum atomic E-state index is 2.67. The summed E-state index contributed by atoms with van der Waals surface area (Å²) in [6.45, 7) is 0. The van der Waals surface area contributed by atoms with Crippen LogP contribution in [-0.2, 0) is 6.42 Å². The molecule has 2 heteroatoms. The van der Waals surface area contributed by atoms with Crippen LogP contribution in [0.15, 0.2) is 340 Å². The molecule has 0 amide bonds. The summed E-state index contributed by atoms with van der Waals surface area (Å²) in [6.07, 6.45) is 0.867. The number of hydrogen-bond acceptors (Lipinski definition) is 0. The van der Waals surface area contributed by atoms with Gasteiger partial charge in [-0.25, -0.2) is 0 Å². The molecule has 0 bridgehead atoms. The second-order valence-electron chi connectivity index (χ2n) is 22.1. The highest BCUT2D eigenvalue weighted by molar-refractivity contribution is 7.30. The Hall–Kier alpha value is -9.97. The Morgan fingerprint density at radius 2 is 0.386 bits per heavy atom. The van der Waals surface area contributed by atoms with Gasteiger partial charge in [-0.1, -0.05) is 340 Å². The van der Waals surface area contributed by atoms with Gasteiger partial charge in [-0.15, -0.1) is 0 Å². The molecular formula is C81H58Si2. The lowest BCUT2D eigenvalue weighted by atomic mass is 9.89. The van der Waals surface area contributed by atoms with Crippen molar-refractivity contribution in [1.82, 2.24) is 0 Å². The molecule has 12 aromatic rings. The monoisotopic (exact) mass is 1090 g/mol. The largest absolute Gasteiger partial charge is 0.182 e. The van der Waals surface area contributed by atoms with Gasteiger partial charge in [0, 0.05) is 0 Å². The zero-order chi connectivity index (χ0) is 55.2. The lowest BCUT2D eigenvalue weighted by molar-refractivity contribution is 1.27. The van der Waals surface area contributed by atoms with Crippen LogP contribution >= 0.6 is 0 Å². The van der Waals surface area contributed by atoms with Gasteiger partial charge in [0.1, 0.15) is 0 Å². The molecule has 390 valence electrons. The van der Waals surface area contributed by atoms with Crippen LogP contribution < -0.4 is 20.7 Å². The second kappa shape index (κ2) is 21.2. The smallest absolute Gasteiger partial charge is 0.0623 e. The van der Waals surface area contributed by atoms with Gasteiger partial charge in [-0.05, 0) is 137 Å². The molecule has 0 unspecified atom stereocenters. The van der Waals surface area contributed by atoms with Crippen molar-refractivity contribution in [3.8, 4) is 11.1 Å². The number of rotatable bonds is 12. The first-order valence-electron chi connectivity index (χ1n) is 29.0. The Kier molecular flexibility index (Phi) is 12.8. The molecule has 0 N–H and O–H groups in total. The van der Waals surface area contributed by atoms with Gasteiger partial charge in [0.25, 0.3) is 0 Å². The number of benzene rings is 12. The van der Waals surface area contributed by atoms with Crippen LogP contribution in [0.1, 0.15) is 55.6 Å². The van der Waals surface area contributed by atoms with Crippen LogP contribution in [0, 0.1) is 0 Å². The minimum absolute atomic E-state index is 0.867. The normalized spacial score (nSPS) is 14.9. The van der Waals surface area contributed by atoms with Crippen molar-refractivity contribution in [2.24, 2.45) is 0 Å². The third-order valence-corrected chi connectivity index (χ3v) is 27.6. The third kappa shape index (κ3) is 8.16. The Morgan fingerprint density at radius 1 is 0.181 bits per heavy atom. The topological polar surface area (TPSA) is 0 Å². The fourth-order valence-electron chi connectivity index (χ4n) is 14.4. The van der Waals surface area contributed by atoms with Crippen molar-refractivity contribution in [3.05, 3.63) is 395 Å². The van der Waals surface area contributed by atoms with Gasteiger partial charge < -0.3 is 0 Å². The third-order valence-electron chi connectivity index (χ3n) is 17.7. The average Bonchev–Trinajstić information content (AvgIpc) is 1.81. The van der Waals surface area contributed by atoms with Gasteiger partial charge >= 0.3 is 0 Å². The molecule has 83 heavy (non-hydrogen) atoms. The van der Waals surface area contributed by atoms with Crippen molar-refractivity contribution >= 4 is 80.0 Å². The van der Waals surface area contributed by atoms with E-state index in [4.69, 9.17) is 0 Å². The van der Waals surface area contributed by atoms with Crippen LogP contribution in [0.5, 0.6) is 0 Å². The highest BCUT2D eigenvalue weighted by atomic mass is 28.3. The van der Waals surface area contributed by atoms with Crippen molar-refractivity contribution in [2.45, 2.75) is 6.42 Å². The summed E-state index contributed by atoms with van der Waals surface area (Å²) in [7, 11) is -6.68. The summed E-state index contributed by atoms with van der Waals surface area (Å²) < 4.78 is 0. The predicted molar refractivity (Wildman–Crippen MR) is 356 cm³/mol. The van der Waals surface area contributed by atoms with Crippen LogP contribution in [0.4, 0.5) is 0 Å². The zero-order valence-electron chi connectivity index (χ0n) is 46.0. The van der Waals surface area contributed by atoms with E-state index in [0.717, 1.165) is 6.42 Å². The second-order valence-corrected chi connectivity index (χ2v) is 29.4. The fraction of sp³-hybridized carbons (Fsp3) is 0.0123. The maximum absolute atomic E-state index is 3.34. The van der Waals surface area contributed by atoms with E-state index in [1.54, 1.807) is 0 Å². The van der Waals surface area contributed by atoms with Gasteiger partial charge in [-0.3, -0.25) is 0 Å². The molecule has 0 saturated carbocycles. The van der Waals surface area contributed by atoms with Crippen molar-refractivity contribution in [2.75, 3.05) is 0 Å². The van der Waals surface area contributed by atoms with E-state index < -0.39 is 16.1 Å². The highest BCUT2D eigenvalue weighted by Gasteiger charge is 2.55. The van der Waals surface area contributed by atoms with Crippen molar-refractivity contribution in [1.29, 1.82) is 0 Å². The number of fused-ring (bicyclic) bond motifs is 3. The predicted octanol–water partition coefficient (Wildman–Crippen LogP) is 17.0. The molecule has 0 fully saturated rings. The van der Waals surface area contributed by atoms with E-state index in [-0.39, 0.29) is 0 Å². The molecule has 2 heterocycles. The number of hydrogen-bond donors (Lipinski definition) is 0. The molecule has 0 saturated heterocycles. The lowest BCUT2D eigenvalue weighted by Crippen LogP contribution is -2.60. The first-order valence-corrected chi connectivity index (χ1v) is 33.0. The maximum Gasteiger partial charge on any atom is 0.182 e. The zero-order valence-corrected chi connectivity index (χ0v) is 48.0. The molecule has 0 spiro atoms. The van der Waals surface area contributed by atoms with Crippen LogP contribution in [0.3, 0.4) is 0 Å². The van der Waals surface area contributed by atoms with E-state index >= 15 is 0 Å². The molecule has 0 radical (unpaired) electrons. The van der Waals surface area contributed by atoms with Gasteiger partial charge in [0.15, 0.2) is 16.1 Å². The Bertz CT molecular complexity index is 3990. The van der Waals surface area contributed by atoms with E-state index in [2.05, 4.69) is 340 Å². The van der Waals surface area contributed by atoms with E-state index in [9.17, 15) is 0 Å². The molecule has 3 aliphatic rings. The standard InChI is InChI=1S/C81H58Si2/c1-11-31-58(32-12-1)74-75(59-33-13-2-14-34-59)79(63-41-21-6-22-42-63)82(68-47-27-9-28-48-68,78(74)62-39-19-5-20-40-62)70-53-51-66-55-67-52-54-71(57-73(67)72(66)56-70)83(69-49-29-10-30-50-69)80(64-43-23-7-24-44-64)76(60-35-15-3-16-36-60)77(61-37-17-4-18-38-61)81(83)65-45-25-8-26-46-65/h1-54,56-57H,55H2. The van der Waals surface area contributed by atoms with E-state index in [0.29, 0.717) is 0 Å². The molecule has 0 nitrogen and oxygen atoms in total. The molecule has 12 aromatic carbocycles. The summed E-state index contributed by atoms with van der Waals surface area (Å²) in [5.41, 5.74) is 20.5. The van der Waals surface area contributed by atoms with Crippen molar-refractivity contribution < 1.29 is 0 Å². The molecule has 2 aliphatic heterocycles. The van der Waals surface area contributed by atoms with Gasteiger partial charge in [-0.2, -0.15) is 0 Å². The van der Waals surface area contributed by atoms with Crippen molar-refractivity contribution in [3.63, 3.8) is 0 Å². The minimum Gasteiger partial charge on any atom is -0.0623 e. The first-order chi connectivity index (χ1) is 41.2. The van der Waals surface area contributed by atoms with Gasteiger partial charge in [0.2, 0.25) is 0 Å². The van der Waals surface area contributed by atoms with Crippen LogP contribution in [-0.4, -0.2) is 16.1 Å². The molecule has 1 aliphatic carbocycles. The molecule has 0 aromatic heterocycles. The Morgan fingerprint density at radius 3 is 0.614 bits per heavy atom. The van der Waals surface area contributed by atoms with Crippen LogP contribution in [0.2, 0.25) is 0 Å². The summed E-state index contributed by atoms with van der Waals surface area (Å²) in [6, 6.07) is 129. The summed E-state index contributed by atoms with van der Waals surface area (Å²) in [5.74, 6) is 0. The Labute approximate surface area is 489 Å². The molecule has 0 atom stereocenters. The highest BCUT2D eigenvalue weighted by Crippen LogP contribution is 2.58. The van der Waals surface area contributed by atoms with E-state index in [1.807, 2.05) is 0 Å². The van der Waals surface area contributed by atoms with Crippen LogP contribution in [0.25, 0.3) is 54.2 Å². The minimum atomic E-state index is -3.34. The quantitative estimate of drug-likeness (QED) is 0.107. The number of allylic oxidation sites excluding steroid dienone is 4. The summed E-state index contributed by atoms with van der Waals surface area (Å²) in [5, 5.41) is 11.1. The average molecular weight is 1090 g/mol. The lowest BCUT2D eigenvalue weighted by Gasteiger charge is -2.37. The molecular weight excluding hydrogens is 1030 g/mol. The fourth-order valence-corrected chi connectivity index (χ4v) is 25.7. The van der Waals surface area contributed by atoms with Gasteiger partial charge in [0.05, 0.1) is 0 Å². The molecule has 15 rings (SSSR count). The summed E-state index contributed by atoms with van der Waals surface area (Å²) >= 11 is 0. The SMILES string of the molecule is c1ccc(C2=C(c3ccccc3)[Si](c3ccccc3)(c3ccc4c(c3)-c3cc([Si]5(c6ccccc6)C(c6ccccc6)=C(c6ccccc6)C(c6ccccc6)=C5c5ccccc5)ccc3C4)C(c3ccccc3)=C2c2ccccc2)cc1.